The first-order chi connectivity index (χ1) is 14.1. The van der Waals surface area contributed by atoms with Crippen LogP contribution in [0.3, 0.4) is 0 Å². The first-order valence-electron chi connectivity index (χ1n) is 9.44. The lowest BCUT2D eigenvalue weighted by Gasteiger charge is -2.20. The van der Waals surface area contributed by atoms with Crippen LogP contribution in [-0.4, -0.2) is 30.4 Å². The molecule has 4 rings (SSSR count). The summed E-state index contributed by atoms with van der Waals surface area (Å²) in [6.07, 6.45) is 0. The third kappa shape index (κ3) is 3.59. The largest absolute Gasteiger partial charge is 0.497 e. The first kappa shape index (κ1) is 18.7. The number of rotatable bonds is 6. The van der Waals surface area contributed by atoms with Crippen molar-refractivity contribution in [3.8, 4) is 28.7 Å². The van der Waals surface area contributed by atoms with Crippen LogP contribution in [-0.2, 0) is 0 Å². The van der Waals surface area contributed by atoms with Gasteiger partial charge in [-0.15, -0.1) is 10.2 Å². The van der Waals surface area contributed by atoms with Gasteiger partial charge in [-0.2, -0.15) is 0 Å². The molecular formula is C22H21N3O4. The Bertz CT molecular complexity index is 1210. The number of methoxy groups -OCH3 is 1. The summed E-state index contributed by atoms with van der Waals surface area (Å²) in [7, 11) is 1.59. The van der Waals surface area contributed by atoms with Crippen LogP contribution in [0.5, 0.6) is 5.75 Å². The standard InChI is InChI=1S/C22H21N3O4/c1-4-25(5-2)16-10-9-14-12-18(22(26)28-19(14)13-16)21-24-23-20(29-21)15-7-6-8-17(11-15)27-3/h6-13H,4-5H2,1-3H3. The second-order valence-corrected chi connectivity index (χ2v) is 6.49. The summed E-state index contributed by atoms with van der Waals surface area (Å²) in [5.74, 6) is 1.10. The van der Waals surface area contributed by atoms with E-state index < -0.39 is 5.63 Å². The van der Waals surface area contributed by atoms with E-state index in [1.54, 1.807) is 19.2 Å². The van der Waals surface area contributed by atoms with E-state index in [0.717, 1.165) is 24.2 Å². The molecule has 0 aliphatic heterocycles. The molecule has 0 amide bonds. The highest BCUT2D eigenvalue weighted by Gasteiger charge is 2.17. The summed E-state index contributed by atoms with van der Waals surface area (Å²) in [5.41, 5.74) is 1.95. The van der Waals surface area contributed by atoms with Gasteiger partial charge in [-0.1, -0.05) is 6.07 Å². The lowest BCUT2D eigenvalue weighted by atomic mass is 10.1. The van der Waals surface area contributed by atoms with Gasteiger partial charge >= 0.3 is 5.63 Å². The highest BCUT2D eigenvalue weighted by molar-refractivity contribution is 5.83. The molecule has 0 atom stereocenters. The minimum absolute atomic E-state index is 0.117. The Labute approximate surface area is 167 Å². The minimum Gasteiger partial charge on any atom is -0.497 e. The maximum atomic E-state index is 12.6. The summed E-state index contributed by atoms with van der Waals surface area (Å²) >= 11 is 0. The highest BCUT2D eigenvalue weighted by Crippen LogP contribution is 2.28. The average molecular weight is 391 g/mol. The smallest absolute Gasteiger partial charge is 0.349 e. The van der Waals surface area contributed by atoms with Gasteiger partial charge in [-0.05, 0) is 50.2 Å². The molecule has 7 nitrogen and oxygen atoms in total. The Hall–Kier alpha value is -3.61. The van der Waals surface area contributed by atoms with E-state index in [0.29, 0.717) is 22.8 Å². The summed E-state index contributed by atoms with van der Waals surface area (Å²) in [5, 5.41) is 8.88. The number of anilines is 1. The fourth-order valence-corrected chi connectivity index (χ4v) is 3.24. The van der Waals surface area contributed by atoms with Crippen molar-refractivity contribution in [1.29, 1.82) is 0 Å². The van der Waals surface area contributed by atoms with Crippen LogP contribution in [0, 0.1) is 0 Å². The van der Waals surface area contributed by atoms with Crippen molar-refractivity contribution in [3.63, 3.8) is 0 Å². The van der Waals surface area contributed by atoms with Crippen molar-refractivity contribution < 1.29 is 13.6 Å². The Balaban J connectivity index is 1.73. The van der Waals surface area contributed by atoms with Crippen LogP contribution in [0.25, 0.3) is 33.9 Å². The van der Waals surface area contributed by atoms with Crippen molar-refractivity contribution in [2.75, 3.05) is 25.1 Å². The monoisotopic (exact) mass is 391 g/mol. The fourth-order valence-electron chi connectivity index (χ4n) is 3.24. The van der Waals surface area contributed by atoms with Gasteiger partial charge in [0.2, 0.25) is 5.89 Å². The molecule has 0 aliphatic carbocycles. The number of aromatic nitrogens is 2. The predicted octanol–water partition coefficient (Wildman–Crippen LogP) is 4.36. The van der Waals surface area contributed by atoms with Crippen molar-refractivity contribution in [2.45, 2.75) is 13.8 Å². The van der Waals surface area contributed by atoms with Gasteiger partial charge in [-0.3, -0.25) is 0 Å². The molecule has 0 saturated carbocycles. The minimum atomic E-state index is -0.518. The summed E-state index contributed by atoms with van der Waals surface area (Å²) in [6.45, 7) is 5.92. The second-order valence-electron chi connectivity index (χ2n) is 6.49. The van der Waals surface area contributed by atoms with Gasteiger partial charge in [0.25, 0.3) is 5.89 Å². The molecule has 0 bridgehead atoms. The van der Waals surface area contributed by atoms with Crippen molar-refractivity contribution >= 4 is 16.7 Å². The molecule has 0 N–H and O–H groups in total. The molecule has 0 fully saturated rings. The maximum absolute atomic E-state index is 12.6. The van der Waals surface area contributed by atoms with Crippen LogP contribution in [0.2, 0.25) is 0 Å². The van der Waals surface area contributed by atoms with E-state index in [4.69, 9.17) is 13.6 Å². The molecule has 0 spiro atoms. The van der Waals surface area contributed by atoms with Crippen LogP contribution in [0.15, 0.2) is 62.2 Å². The predicted molar refractivity (Wildman–Crippen MR) is 111 cm³/mol. The Morgan fingerprint density at radius 3 is 2.52 bits per heavy atom. The number of hydrogen-bond donors (Lipinski definition) is 0. The number of hydrogen-bond acceptors (Lipinski definition) is 7. The van der Waals surface area contributed by atoms with Crippen molar-refractivity contribution in [2.24, 2.45) is 0 Å². The number of nitrogens with zero attached hydrogens (tertiary/aromatic N) is 3. The van der Waals surface area contributed by atoms with E-state index in [9.17, 15) is 4.79 Å². The number of benzene rings is 2. The zero-order valence-electron chi connectivity index (χ0n) is 16.5. The molecule has 29 heavy (non-hydrogen) atoms. The summed E-state index contributed by atoms with van der Waals surface area (Å²) < 4.78 is 16.5. The van der Waals surface area contributed by atoms with E-state index in [1.807, 2.05) is 36.4 Å². The quantitative estimate of drug-likeness (QED) is 0.452. The van der Waals surface area contributed by atoms with E-state index in [-0.39, 0.29) is 11.5 Å². The van der Waals surface area contributed by atoms with E-state index in [1.165, 1.54) is 0 Å². The average Bonchev–Trinajstić information content (AvgIpc) is 3.24. The van der Waals surface area contributed by atoms with Crippen LogP contribution >= 0.6 is 0 Å². The molecule has 0 aliphatic rings. The van der Waals surface area contributed by atoms with Gasteiger partial charge in [0.05, 0.1) is 7.11 Å². The molecule has 7 heteroatoms. The molecule has 148 valence electrons. The van der Waals surface area contributed by atoms with E-state index in [2.05, 4.69) is 28.9 Å². The normalized spacial score (nSPS) is 11.0. The van der Waals surface area contributed by atoms with Gasteiger partial charge in [0, 0.05) is 35.8 Å². The third-order valence-electron chi connectivity index (χ3n) is 4.82. The molecule has 2 aromatic carbocycles. The zero-order valence-corrected chi connectivity index (χ0v) is 16.5. The first-order valence-corrected chi connectivity index (χ1v) is 9.44. The number of fused-ring (bicyclic) bond motifs is 1. The molecule has 2 heterocycles. The highest BCUT2D eigenvalue weighted by atomic mass is 16.5. The molecule has 0 unspecified atom stereocenters. The van der Waals surface area contributed by atoms with Gasteiger partial charge in [0.15, 0.2) is 0 Å². The van der Waals surface area contributed by atoms with Crippen LogP contribution in [0.4, 0.5) is 5.69 Å². The second kappa shape index (κ2) is 7.79. The lowest BCUT2D eigenvalue weighted by molar-refractivity contribution is 0.415. The Morgan fingerprint density at radius 2 is 1.76 bits per heavy atom. The Kier molecular flexibility index (Phi) is 5.03. The molecule has 0 radical (unpaired) electrons. The SMILES string of the molecule is CCN(CC)c1ccc2cc(-c3nnc(-c4cccc(OC)c4)o3)c(=O)oc2c1. The molecular weight excluding hydrogens is 370 g/mol. The van der Waals surface area contributed by atoms with Crippen LogP contribution in [0.1, 0.15) is 13.8 Å². The van der Waals surface area contributed by atoms with Gasteiger partial charge in [0.1, 0.15) is 16.9 Å². The fraction of sp³-hybridized carbons (Fsp3) is 0.227. The number of ether oxygens (including phenoxy) is 1. The summed E-state index contributed by atoms with van der Waals surface area (Å²) in [4.78, 5) is 14.8. The maximum Gasteiger partial charge on any atom is 0.349 e. The third-order valence-corrected chi connectivity index (χ3v) is 4.82. The lowest BCUT2D eigenvalue weighted by Crippen LogP contribution is -2.21. The van der Waals surface area contributed by atoms with Gasteiger partial charge in [-0.25, -0.2) is 4.79 Å². The molecule has 0 saturated heterocycles. The van der Waals surface area contributed by atoms with Crippen LogP contribution < -0.4 is 15.3 Å². The molecule has 2 aromatic heterocycles. The van der Waals surface area contributed by atoms with Crippen molar-refractivity contribution in [1.82, 2.24) is 10.2 Å². The Morgan fingerprint density at radius 1 is 0.966 bits per heavy atom. The zero-order chi connectivity index (χ0) is 20.4. The summed E-state index contributed by atoms with van der Waals surface area (Å²) in [6, 6.07) is 14.8. The topological polar surface area (TPSA) is 81.6 Å². The van der Waals surface area contributed by atoms with E-state index >= 15 is 0 Å². The van der Waals surface area contributed by atoms with Crippen molar-refractivity contribution in [3.05, 3.63) is 59.0 Å². The van der Waals surface area contributed by atoms with Gasteiger partial charge < -0.3 is 18.5 Å². The molecule has 4 aromatic rings.